The molecule has 0 amide bonds. The molecule has 3 heteroatoms. The molecule has 0 unspecified atom stereocenters. The SMILES string of the molecule is CN=C(C)/C(=C\c1ccc(-c2ccc(C)cc2)o1)C(C)=O. The van der Waals surface area contributed by atoms with Crippen LogP contribution in [0.2, 0.25) is 0 Å². The summed E-state index contributed by atoms with van der Waals surface area (Å²) >= 11 is 0. The van der Waals surface area contributed by atoms with Gasteiger partial charge in [0, 0.05) is 23.9 Å². The number of Topliss-reactive ketones (excluding diaryl/α,β-unsaturated/α-hetero) is 1. The summed E-state index contributed by atoms with van der Waals surface area (Å²) < 4.78 is 5.80. The van der Waals surface area contributed by atoms with Crippen molar-refractivity contribution in [3.8, 4) is 11.3 Å². The van der Waals surface area contributed by atoms with Crippen molar-refractivity contribution in [3.63, 3.8) is 0 Å². The summed E-state index contributed by atoms with van der Waals surface area (Å²) in [5.74, 6) is 1.42. The third-order valence-corrected chi connectivity index (χ3v) is 3.35. The number of carbonyl (C=O) groups excluding carboxylic acids is 1. The molecule has 0 aliphatic heterocycles. The van der Waals surface area contributed by atoms with E-state index in [1.807, 2.05) is 50.2 Å². The van der Waals surface area contributed by atoms with Crippen LogP contribution in [0, 0.1) is 6.92 Å². The highest BCUT2D eigenvalue weighted by atomic mass is 16.3. The molecule has 1 heterocycles. The van der Waals surface area contributed by atoms with Gasteiger partial charge in [0.1, 0.15) is 11.5 Å². The van der Waals surface area contributed by atoms with Crippen LogP contribution < -0.4 is 0 Å². The topological polar surface area (TPSA) is 42.6 Å². The summed E-state index contributed by atoms with van der Waals surface area (Å²) in [4.78, 5) is 15.7. The molecule has 21 heavy (non-hydrogen) atoms. The van der Waals surface area contributed by atoms with Gasteiger partial charge in [-0.25, -0.2) is 0 Å². The number of carbonyl (C=O) groups is 1. The zero-order valence-electron chi connectivity index (χ0n) is 12.8. The van der Waals surface area contributed by atoms with Crippen LogP contribution in [-0.4, -0.2) is 18.5 Å². The third kappa shape index (κ3) is 3.57. The van der Waals surface area contributed by atoms with E-state index in [0.717, 1.165) is 11.3 Å². The largest absolute Gasteiger partial charge is 0.457 e. The van der Waals surface area contributed by atoms with Crippen LogP contribution in [0.3, 0.4) is 0 Å². The summed E-state index contributed by atoms with van der Waals surface area (Å²) in [7, 11) is 1.67. The Morgan fingerprint density at radius 1 is 1.10 bits per heavy atom. The van der Waals surface area contributed by atoms with Gasteiger partial charge in [-0.2, -0.15) is 0 Å². The molecule has 1 aromatic carbocycles. The Balaban J connectivity index is 2.35. The maximum atomic E-state index is 11.7. The van der Waals surface area contributed by atoms with Crippen LogP contribution in [0.4, 0.5) is 0 Å². The molecule has 0 saturated carbocycles. The molecule has 3 nitrogen and oxygen atoms in total. The first-order valence-corrected chi connectivity index (χ1v) is 6.84. The third-order valence-electron chi connectivity index (χ3n) is 3.35. The number of hydrogen-bond acceptors (Lipinski definition) is 3. The average molecular weight is 281 g/mol. The van der Waals surface area contributed by atoms with Gasteiger partial charge in [-0.05, 0) is 39.0 Å². The normalized spacial score (nSPS) is 12.6. The molecule has 0 radical (unpaired) electrons. The van der Waals surface area contributed by atoms with Crippen molar-refractivity contribution >= 4 is 17.6 Å². The quantitative estimate of drug-likeness (QED) is 0.618. The van der Waals surface area contributed by atoms with Crippen LogP contribution in [0.25, 0.3) is 17.4 Å². The standard InChI is InChI=1S/C18H19NO2/c1-12-5-7-15(8-6-12)18-10-9-16(21-18)11-17(14(3)20)13(2)19-4/h5-11H,1-4H3/b17-11+,19-13?. The highest BCUT2D eigenvalue weighted by Crippen LogP contribution is 2.24. The molecular formula is C18H19NO2. The van der Waals surface area contributed by atoms with Crippen LogP contribution in [0.5, 0.6) is 0 Å². The smallest absolute Gasteiger partial charge is 0.161 e. The number of benzene rings is 1. The number of aryl methyl sites for hydroxylation is 1. The number of ketones is 1. The summed E-state index contributed by atoms with van der Waals surface area (Å²) in [5, 5.41) is 0. The predicted molar refractivity (Wildman–Crippen MR) is 86.6 cm³/mol. The molecule has 0 saturated heterocycles. The van der Waals surface area contributed by atoms with E-state index in [2.05, 4.69) is 4.99 Å². The Labute approximate surface area is 125 Å². The van der Waals surface area contributed by atoms with E-state index >= 15 is 0 Å². The van der Waals surface area contributed by atoms with Gasteiger partial charge in [0.25, 0.3) is 0 Å². The molecule has 0 N–H and O–H groups in total. The molecule has 0 aliphatic rings. The lowest BCUT2D eigenvalue weighted by Crippen LogP contribution is -2.06. The fourth-order valence-electron chi connectivity index (χ4n) is 2.03. The number of aliphatic imine (C=N–C) groups is 1. The summed E-state index contributed by atoms with van der Waals surface area (Å²) in [5.41, 5.74) is 3.50. The maximum absolute atomic E-state index is 11.7. The van der Waals surface area contributed by atoms with Crippen molar-refractivity contribution in [2.75, 3.05) is 7.05 Å². The molecule has 2 aromatic rings. The van der Waals surface area contributed by atoms with Crippen molar-refractivity contribution in [2.45, 2.75) is 20.8 Å². The van der Waals surface area contributed by atoms with Crippen molar-refractivity contribution in [3.05, 3.63) is 53.3 Å². The first-order valence-electron chi connectivity index (χ1n) is 6.84. The predicted octanol–water partition coefficient (Wildman–Crippen LogP) is 4.32. The Morgan fingerprint density at radius 2 is 1.76 bits per heavy atom. The van der Waals surface area contributed by atoms with Gasteiger partial charge in [0.05, 0.1) is 0 Å². The highest BCUT2D eigenvalue weighted by Gasteiger charge is 2.10. The minimum Gasteiger partial charge on any atom is -0.457 e. The van der Waals surface area contributed by atoms with E-state index in [1.54, 1.807) is 13.1 Å². The molecular weight excluding hydrogens is 262 g/mol. The lowest BCUT2D eigenvalue weighted by Gasteiger charge is -2.01. The van der Waals surface area contributed by atoms with E-state index in [4.69, 9.17) is 4.42 Å². The van der Waals surface area contributed by atoms with Gasteiger partial charge >= 0.3 is 0 Å². The second-order valence-corrected chi connectivity index (χ2v) is 4.99. The fraction of sp³-hybridized carbons (Fsp3) is 0.222. The van der Waals surface area contributed by atoms with E-state index in [9.17, 15) is 4.79 Å². The molecule has 0 bridgehead atoms. The number of furan rings is 1. The molecule has 2 rings (SSSR count). The summed E-state index contributed by atoms with van der Waals surface area (Å²) in [6.45, 7) is 5.40. The lowest BCUT2D eigenvalue weighted by atomic mass is 10.1. The number of rotatable bonds is 4. The number of nitrogens with zero attached hydrogens (tertiary/aromatic N) is 1. The van der Waals surface area contributed by atoms with E-state index in [1.165, 1.54) is 12.5 Å². The molecule has 0 fully saturated rings. The van der Waals surface area contributed by atoms with Gasteiger partial charge < -0.3 is 4.42 Å². The Hall–Kier alpha value is -2.42. The van der Waals surface area contributed by atoms with Crippen LogP contribution in [0.15, 0.2) is 51.4 Å². The van der Waals surface area contributed by atoms with Crippen LogP contribution >= 0.6 is 0 Å². The first-order chi connectivity index (χ1) is 10.0. The van der Waals surface area contributed by atoms with Crippen LogP contribution in [-0.2, 0) is 4.79 Å². The Morgan fingerprint density at radius 3 is 2.33 bits per heavy atom. The average Bonchev–Trinajstić information content (AvgIpc) is 2.93. The molecule has 1 aromatic heterocycles. The van der Waals surface area contributed by atoms with E-state index in [0.29, 0.717) is 17.0 Å². The zero-order valence-corrected chi connectivity index (χ0v) is 12.8. The van der Waals surface area contributed by atoms with Crippen LogP contribution in [0.1, 0.15) is 25.2 Å². The summed E-state index contributed by atoms with van der Waals surface area (Å²) in [6, 6.07) is 11.9. The zero-order chi connectivity index (χ0) is 15.4. The maximum Gasteiger partial charge on any atom is 0.161 e. The summed E-state index contributed by atoms with van der Waals surface area (Å²) in [6.07, 6.45) is 1.74. The lowest BCUT2D eigenvalue weighted by molar-refractivity contribution is -0.113. The second kappa shape index (κ2) is 6.35. The monoisotopic (exact) mass is 281 g/mol. The van der Waals surface area contributed by atoms with Gasteiger partial charge in [-0.3, -0.25) is 9.79 Å². The van der Waals surface area contributed by atoms with Crippen molar-refractivity contribution in [1.29, 1.82) is 0 Å². The Kier molecular flexibility index (Phi) is 4.53. The second-order valence-electron chi connectivity index (χ2n) is 4.99. The highest BCUT2D eigenvalue weighted by molar-refractivity contribution is 6.23. The Bertz CT molecular complexity index is 703. The van der Waals surface area contributed by atoms with Gasteiger partial charge in [-0.15, -0.1) is 0 Å². The van der Waals surface area contributed by atoms with E-state index in [-0.39, 0.29) is 5.78 Å². The number of allylic oxidation sites excluding steroid dienone is 1. The first kappa shape index (κ1) is 15.0. The van der Waals surface area contributed by atoms with Gasteiger partial charge in [-0.1, -0.05) is 29.8 Å². The van der Waals surface area contributed by atoms with Crippen molar-refractivity contribution < 1.29 is 9.21 Å². The van der Waals surface area contributed by atoms with Crippen molar-refractivity contribution in [2.24, 2.45) is 4.99 Å². The molecule has 0 spiro atoms. The molecule has 0 aliphatic carbocycles. The molecule has 0 atom stereocenters. The fourth-order valence-corrected chi connectivity index (χ4v) is 2.03. The number of hydrogen-bond donors (Lipinski definition) is 0. The van der Waals surface area contributed by atoms with Gasteiger partial charge in [0.15, 0.2) is 5.78 Å². The minimum absolute atomic E-state index is 0.0219. The minimum atomic E-state index is -0.0219. The van der Waals surface area contributed by atoms with Crippen molar-refractivity contribution in [1.82, 2.24) is 0 Å². The molecule has 108 valence electrons. The van der Waals surface area contributed by atoms with Gasteiger partial charge in [0.2, 0.25) is 0 Å². The van der Waals surface area contributed by atoms with E-state index < -0.39 is 0 Å².